The van der Waals surface area contributed by atoms with Crippen molar-refractivity contribution in [2.24, 2.45) is 0 Å². The number of allylic oxidation sites excluding steroid dienone is 1. The Morgan fingerprint density at radius 2 is 2.09 bits per heavy atom. The van der Waals surface area contributed by atoms with Crippen LogP contribution in [0.1, 0.15) is 32.1 Å². The Hall–Kier alpha value is -0.420. The number of hydrogen-bond donors (Lipinski definition) is 0. The summed E-state index contributed by atoms with van der Waals surface area (Å²) in [4.78, 5) is 0. The molecule has 0 aliphatic heterocycles. The van der Waals surface area contributed by atoms with E-state index in [4.69, 9.17) is 5.26 Å². The van der Waals surface area contributed by atoms with E-state index < -0.39 is 0 Å². The van der Waals surface area contributed by atoms with Gasteiger partial charge in [-0.15, -0.1) is 0 Å². The topological polar surface area (TPSA) is 23.8 Å². The molecule has 0 unspecified atom stereocenters. The average molecular weight is 167 g/mol. The summed E-state index contributed by atoms with van der Waals surface area (Å²) in [5.41, 5.74) is 1.57. The molecule has 0 amide bonds. The molecule has 1 aliphatic rings. The minimum atomic E-state index is 0.881. The molecule has 2 heteroatoms. The molecule has 0 heterocycles. The minimum absolute atomic E-state index is 0.881. The number of hydrogen-bond acceptors (Lipinski definition) is 2. The first-order valence-corrected chi connectivity index (χ1v) is 5.11. The third-order valence-electron chi connectivity index (χ3n) is 2.02. The lowest BCUT2D eigenvalue weighted by Crippen LogP contribution is -1.93. The number of thiocyanates is 1. The molecule has 1 nitrogen and oxygen atoms in total. The fraction of sp³-hybridized carbons (Fsp3) is 0.667. The normalized spacial score (nSPS) is 17.5. The molecule has 0 spiro atoms. The third kappa shape index (κ3) is 3.48. The van der Waals surface area contributed by atoms with Gasteiger partial charge in [0.25, 0.3) is 0 Å². The van der Waals surface area contributed by atoms with Gasteiger partial charge in [-0.05, 0) is 37.4 Å². The van der Waals surface area contributed by atoms with Crippen LogP contribution in [0.3, 0.4) is 0 Å². The average Bonchev–Trinajstić information content (AvgIpc) is 2.07. The van der Waals surface area contributed by atoms with Crippen molar-refractivity contribution in [3.63, 3.8) is 0 Å². The molecule has 0 saturated heterocycles. The van der Waals surface area contributed by atoms with Crippen molar-refractivity contribution < 1.29 is 0 Å². The quantitative estimate of drug-likeness (QED) is 0.358. The first-order valence-electron chi connectivity index (χ1n) is 4.12. The lowest BCUT2D eigenvalue weighted by atomic mass is 9.95. The van der Waals surface area contributed by atoms with E-state index in [2.05, 4.69) is 11.5 Å². The molecule has 60 valence electrons. The van der Waals surface area contributed by atoms with Crippen LogP contribution >= 0.6 is 11.8 Å². The molecule has 1 rings (SSSR count). The summed E-state index contributed by atoms with van der Waals surface area (Å²) < 4.78 is 0. The Morgan fingerprint density at radius 1 is 1.36 bits per heavy atom. The highest BCUT2D eigenvalue weighted by atomic mass is 32.2. The summed E-state index contributed by atoms with van der Waals surface area (Å²) >= 11 is 1.33. The molecule has 11 heavy (non-hydrogen) atoms. The van der Waals surface area contributed by atoms with Gasteiger partial charge in [0, 0.05) is 5.75 Å². The molecule has 1 fully saturated rings. The van der Waals surface area contributed by atoms with Crippen molar-refractivity contribution in [2.75, 3.05) is 5.75 Å². The number of nitriles is 1. The fourth-order valence-corrected chi connectivity index (χ4v) is 1.80. The molecule has 0 atom stereocenters. The van der Waals surface area contributed by atoms with Crippen molar-refractivity contribution in [1.82, 2.24) is 0 Å². The van der Waals surface area contributed by atoms with Crippen molar-refractivity contribution in [2.45, 2.75) is 32.1 Å². The van der Waals surface area contributed by atoms with Crippen LogP contribution in [-0.4, -0.2) is 5.75 Å². The summed E-state index contributed by atoms with van der Waals surface area (Å²) in [5, 5.41) is 10.4. The van der Waals surface area contributed by atoms with Gasteiger partial charge < -0.3 is 0 Å². The largest absolute Gasteiger partial charge is 0.185 e. The molecule has 0 bridgehead atoms. The van der Waals surface area contributed by atoms with E-state index in [1.807, 2.05) is 0 Å². The summed E-state index contributed by atoms with van der Waals surface area (Å²) in [6.45, 7) is 0. The SMILES string of the molecule is N#CSCC=C1CCCCC1. The van der Waals surface area contributed by atoms with E-state index in [-0.39, 0.29) is 0 Å². The van der Waals surface area contributed by atoms with Crippen LogP contribution in [0.5, 0.6) is 0 Å². The van der Waals surface area contributed by atoms with Crippen LogP contribution in [0.2, 0.25) is 0 Å². The van der Waals surface area contributed by atoms with Crippen molar-refractivity contribution in [3.05, 3.63) is 11.6 Å². The van der Waals surface area contributed by atoms with Gasteiger partial charge in [0.05, 0.1) is 0 Å². The van der Waals surface area contributed by atoms with E-state index in [0.717, 1.165) is 5.75 Å². The minimum Gasteiger partial charge on any atom is -0.185 e. The molecule has 1 saturated carbocycles. The highest BCUT2D eigenvalue weighted by Crippen LogP contribution is 2.22. The first-order chi connectivity index (χ1) is 5.43. The maximum absolute atomic E-state index is 8.28. The zero-order chi connectivity index (χ0) is 7.94. The monoisotopic (exact) mass is 167 g/mol. The maximum atomic E-state index is 8.28. The molecular weight excluding hydrogens is 154 g/mol. The van der Waals surface area contributed by atoms with Gasteiger partial charge >= 0.3 is 0 Å². The zero-order valence-electron chi connectivity index (χ0n) is 6.68. The van der Waals surface area contributed by atoms with Crippen LogP contribution in [0, 0.1) is 10.7 Å². The van der Waals surface area contributed by atoms with E-state index in [1.54, 1.807) is 5.57 Å². The Balaban J connectivity index is 2.22. The van der Waals surface area contributed by atoms with E-state index in [9.17, 15) is 0 Å². The van der Waals surface area contributed by atoms with Gasteiger partial charge in [0.15, 0.2) is 0 Å². The predicted molar refractivity (Wildman–Crippen MR) is 49.2 cm³/mol. The Labute approximate surface area is 72.5 Å². The van der Waals surface area contributed by atoms with Crippen LogP contribution in [-0.2, 0) is 0 Å². The van der Waals surface area contributed by atoms with Gasteiger partial charge in [0.1, 0.15) is 5.40 Å². The lowest BCUT2D eigenvalue weighted by Gasteiger charge is -2.12. The van der Waals surface area contributed by atoms with Crippen molar-refractivity contribution in [3.8, 4) is 5.40 Å². The second-order valence-electron chi connectivity index (χ2n) is 2.83. The van der Waals surface area contributed by atoms with E-state index in [1.165, 1.54) is 43.9 Å². The fourth-order valence-electron chi connectivity index (χ4n) is 1.41. The summed E-state index contributed by atoms with van der Waals surface area (Å²) in [6, 6.07) is 0. The van der Waals surface area contributed by atoms with Crippen molar-refractivity contribution in [1.29, 1.82) is 5.26 Å². The third-order valence-corrected chi connectivity index (χ3v) is 2.48. The second-order valence-corrected chi connectivity index (χ2v) is 3.63. The molecule has 0 aromatic carbocycles. The first kappa shape index (κ1) is 8.67. The number of nitrogens with zero attached hydrogens (tertiary/aromatic N) is 1. The van der Waals surface area contributed by atoms with Crippen LogP contribution in [0.4, 0.5) is 0 Å². The molecule has 1 aliphatic carbocycles. The van der Waals surface area contributed by atoms with Gasteiger partial charge in [0.2, 0.25) is 0 Å². The van der Waals surface area contributed by atoms with E-state index in [0.29, 0.717) is 0 Å². The maximum Gasteiger partial charge on any atom is 0.133 e. The zero-order valence-corrected chi connectivity index (χ0v) is 7.49. The second kappa shape index (κ2) is 5.26. The molecule has 0 N–H and O–H groups in total. The number of rotatable bonds is 2. The molecule has 0 aromatic rings. The van der Waals surface area contributed by atoms with Crippen LogP contribution < -0.4 is 0 Å². The van der Waals surface area contributed by atoms with Gasteiger partial charge in [-0.1, -0.05) is 18.1 Å². The van der Waals surface area contributed by atoms with Gasteiger partial charge in [-0.2, -0.15) is 5.26 Å². The van der Waals surface area contributed by atoms with Crippen LogP contribution in [0.25, 0.3) is 0 Å². The summed E-state index contributed by atoms with van der Waals surface area (Å²) in [5.74, 6) is 0.881. The van der Waals surface area contributed by atoms with Gasteiger partial charge in [-0.3, -0.25) is 0 Å². The van der Waals surface area contributed by atoms with Crippen molar-refractivity contribution >= 4 is 11.8 Å². The molecular formula is C9H13NS. The van der Waals surface area contributed by atoms with E-state index >= 15 is 0 Å². The smallest absolute Gasteiger partial charge is 0.133 e. The summed E-state index contributed by atoms with van der Waals surface area (Å²) in [6.07, 6.45) is 8.86. The Bertz CT molecular complexity index is 170. The van der Waals surface area contributed by atoms with Gasteiger partial charge in [-0.25, -0.2) is 0 Å². The number of thioether (sulfide) groups is 1. The highest BCUT2D eigenvalue weighted by molar-refractivity contribution is 8.03. The Morgan fingerprint density at radius 3 is 2.73 bits per heavy atom. The Kier molecular flexibility index (Phi) is 4.15. The highest BCUT2D eigenvalue weighted by Gasteiger charge is 2.03. The van der Waals surface area contributed by atoms with Crippen LogP contribution in [0.15, 0.2) is 11.6 Å². The predicted octanol–water partition coefficient (Wildman–Crippen LogP) is 3.09. The standard InChI is InChI=1S/C9H13NS/c10-8-11-7-6-9-4-2-1-3-5-9/h6H,1-5,7H2. The molecule has 0 radical (unpaired) electrons. The summed E-state index contributed by atoms with van der Waals surface area (Å²) in [7, 11) is 0. The molecule has 0 aromatic heterocycles. The lowest BCUT2D eigenvalue weighted by molar-refractivity contribution is 0.598.